The molecule has 0 unspecified atom stereocenters. The van der Waals surface area contributed by atoms with Gasteiger partial charge in [-0.25, -0.2) is 4.68 Å². The fraction of sp³-hybridized carbons (Fsp3) is 0.714. The van der Waals surface area contributed by atoms with Crippen LogP contribution in [-0.4, -0.2) is 38.9 Å². The molecule has 12 heavy (non-hydrogen) atoms. The van der Waals surface area contributed by atoms with E-state index in [9.17, 15) is 5.11 Å². The third-order valence-corrected chi connectivity index (χ3v) is 1.85. The van der Waals surface area contributed by atoms with Crippen LogP contribution in [0.15, 0.2) is 6.20 Å². The molecule has 5 nitrogen and oxygen atoms in total. The number of aliphatic hydroxyl groups is 1. The quantitative estimate of drug-likeness (QED) is 0.639. The lowest BCUT2D eigenvalue weighted by Gasteiger charge is -2.35. The van der Waals surface area contributed by atoms with Gasteiger partial charge in [0.1, 0.15) is 5.60 Å². The molecular weight excluding hydrogens is 158 g/mol. The van der Waals surface area contributed by atoms with Crippen molar-refractivity contribution in [2.75, 3.05) is 13.2 Å². The van der Waals surface area contributed by atoms with E-state index in [1.807, 2.05) is 6.92 Å². The Labute approximate surface area is 70.0 Å². The molecule has 5 heteroatoms. The monoisotopic (exact) mass is 169 g/mol. The van der Waals surface area contributed by atoms with E-state index in [0.29, 0.717) is 19.8 Å². The molecule has 0 radical (unpaired) electrons. The lowest BCUT2D eigenvalue weighted by molar-refractivity contribution is -0.186. The van der Waals surface area contributed by atoms with Gasteiger partial charge < -0.3 is 9.84 Å². The first-order valence-corrected chi connectivity index (χ1v) is 3.85. The van der Waals surface area contributed by atoms with Gasteiger partial charge in [-0.2, -0.15) is 0 Å². The van der Waals surface area contributed by atoms with Crippen molar-refractivity contribution in [1.29, 1.82) is 0 Å². The van der Waals surface area contributed by atoms with Gasteiger partial charge in [-0.05, 0) is 6.92 Å². The number of hydrogen-bond donors (Lipinski definition) is 1. The smallest absolute Gasteiger partial charge is 0.131 e. The molecule has 1 N–H and O–H groups in total. The van der Waals surface area contributed by atoms with E-state index in [4.69, 9.17) is 4.74 Å². The predicted molar refractivity (Wildman–Crippen MR) is 40.5 cm³/mol. The van der Waals surface area contributed by atoms with Gasteiger partial charge in [-0.1, -0.05) is 5.21 Å². The lowest BCUT2D eigenvalue weighted by Crippen LogP contribution is -2.52. The Morgan fingerprint density at radius 2 is 2.50 bits per heavy atom. The van der Waals surface area contributed by atoms with Crippen molar-refractivity contribution in [2.45, 2.75) is 19.1 Å². The van der Waals surface area contributed by atoms with Crippen molar-refractivity contribution in [3.63, 3.8) is 0 Å². The van der Waals surface area contributed by atoms with Crippen molar-refractivity contribution < 1.29 is 9.84 Å². The highest BCUT2D eigenvalue weighted by Crippen LogP contribution is 2.18. The summed E-state index contributed by atoms with van der Waals surface area (Å²) in [6.07, 6.45) is 1.80. The maximum Gasteiger partial charge on any atom is 0.131 e. The van der Waals surface area contributed by atoms with E-state index in [0.717, 1.165) is 5.69 Å². The van der Waals surface area contributed by atoms with E-state index in [-0.39, 0.29) is 0 Å². The van der Waals surface area contributed by atoms with E-state index >= 15 is 0 Å². The maximum atomic E-state index is 9.66. The van der Waals surface area contributed by atoms with Gasteiger partial charge in [0.15, 0.2) is 0 Å². The molecule has 0 spiro atoms. The summed E-state index contributed by atoms with van der Waals surface area (Å²) in [6.45, 7) is 3.12. The molecule has 1 fully saturated rings. The third kappa shape index (κ3) is 1.33. The Balaban J connectivity index is 2.03. The van der Waals surface area contributed by atoms with E-state index in [1.165, 1.54) is 0 Å². The second-order valence-electron chi connectivity index (χ2n) is 3.27. The molecule has 1 aliphatic rings. The van der Waals surface area contributed by atoms with Gasteiger partial charge >= 0.3 is 0 Å². The van der Waals surface area contributed by atoms with E-state index in [2.05, 4.69) is 10.3 Å². The number of rotatable bonds is 2. The first-order valence-electron chi connectivity index (χ1n) is 3.85. The molecule has 1 saturated heterocycles. The molecule has 66 valence electrons. The lowest BCUT2D eigenvalue weighted by atomic mass is 10.0. The second-order valence-corrected chi connectivity index (χ2v) is 3.27. The highest BCUT2D eigenvalue weighted by atomic mass is 16.5. The van der Waals surface area contributed by atoms with Crippen LogP contribution in [0, 0.1) is 6.92 Å². The van der Waals surface area contributed by atoms with Crippen LogP contribution >= 0.6 is 0 Å². The molecule has 2 rings (SSSR count). The Kier molecular flexibility index (Phi) is 1.62. The normalized spacial score (nSPS) is 20.5. The van der Waals surface area contributed by atoms with E-state index < -0.39 is 5.60 Å². The van der Waals surface area contributed by atoms with E-state index in [1.54, 1.807) is 10.9 Å². The molecule has 0 atom stereocenters. The van der Waals surface area contributed by atoms with Gasteiger partial charge in [0.2, 0.25) is 0 Å². The summed E-state index contributed by atoms with van der Waals surface area (Å²) >= 11 is 0. The summed E-state index contributed by atoms with van der Waals surface area (Å²) in [5.74, 6) is 0. The highest BCUT2D eigenvalue weighted by molar-refractivity contribution is 4.91. The molecule has 1 aromatic rings. The summed E-state index contributed by atoms with van der Waals surface area (Å²) in [7, 11) is 0. The van der Waals surface area contributed by atoms with Gasteiger partial charge in [-0.15, -0.1) is 5.10 Å². The summed E-state index contributed by atoms with van der Waals surface area (Å²) in [6, 6.07) is 0. The molecule has 0 bridgehead atoms. The first-order chi connectivity index (χ1) is 5.68. The number of aromatic nitrogens is 3. The van der Waals surface area contributed by atoms with Crippen LogP contribution in [0.5, 0.6) is 0 Å². The number of ether oxygens (including phenoxy) is 1. The minimum absolute atomic E-state index is 0.395. The van der Waals surface area contributed by atoms with Crippen molar-refractivity contribution in [3.05, 3.63) is 11.9 Å². The average Bonchev–Trinajstić information content (AvgIpc) is 2.32. The van der Waals surface area contributed by atoms with Crippen LogP contribution in [-0.2, 0) is 11.3 Å². The minimum Gasteiger partial charge on any atom is -0.383 e. The summed E-state index contributed by atoms with van der Waals surface area (Å²) in [4.78, 5) is 0. The maximum absolute atomic E-state index is 9.66. The standard InChI is InChI=1S/C7H11N3O2/c1-6-2-10(9-8-6)3-7(11)4-12-5-7/h2,11H,3-5H2,1H3. The van der Waals surface area contributed by atoms with Crippen molar-refractivity contribution in [2.24, 2.45) is 0 Å². The topological polar surface area (TPSA) is 60.2 Å². The Morgan fingerprint density at radius 3 is 2.92 bits per heavy atom. The molecule has 1 aliphatic heterocycles. The number of nitrogens with zero attached hydrogens (tertiary/aromatic N) is 3. The van der Waals surface area contributed by atoms with Crippen molar-refractivity contribution >= 4 is 0 Å². The third-order valence-electron chi connectivity index (χ3n) is 1.85. The first kappa shape index (κ1) is 7.70. The molecule has 0 saturated carbocycles. The summed E-state index contributed by atoms with van der Waals surface area (Å²) in [5.41, 5.74) is 0.138. The SMILES string of the molecule is Cc1cn(CC2(O)COC2)nn1. The van der Waals surface area contributed by atoms with Crippen LogP contribution in [0.4, 0.5) is 0 Å². The van der Waals surface area contributed by atoms with Crippen molar-refractivity contribution in [3.8, 4) is 0 Å². The predicted octanol–water partition coefficient (Wildman–Crippen LogP) is -0.652. The minimum atomic E-state index is -0.722. The Bertz CT molecular complexity index is 280. The van der Waals surface area contributed by atoms with Crippen LogP contribution in [0.25, 0.3) is 0 Å². The fourth-order valence-electron chi connectivity index (χ4n) is 1.20. The Morgan fingerprint density at radius 1 is 1.75 bits per heavy atom. The summed E-state index contributed by atoms with van der Waals surface area (Å²) in [5, 5.41) is 17.3. The van der Waals surface area contributed by atoms with Gasteiger partial charge in [0.05, 0.1) is 25.5 Å². The fourth-order valence-corrected chi connectivity index (χ4v) is 1.20. The molecular formula is C7H11N3O2. The molecule has 0 amide bonds. The zero-order chi connectivity index (χ0) is 8.60. The van der Waals surface area contributed by atoms with Gasteiger partial charge in [0, 0.05) is 6.20 Å². The average molecular weight is 169 g/mol. The zero-order valence-electron chi connectivity index (χ0n) is 6.90. The second kappa shape index (κ2) is 2.53. The zero-order valence-corrected chi connectivity index (χ0v) is 6.90. The number of hydrogen-bond acceptors (Lipinski definition) is 4. The number of aryl methyl sites for hydroxylation is 1. The van der Waals surface area contributed by atoms with Crippen LogP contribution in [0.2, 0.25) is 0 Å². The molecule has 2 heterocycles. The summed E-state index contributed by atoms with van der Waals surface area (Å²) < 4.78 is 6.54. The van der Waals surface area contributed by atoms with Gasteiger partial charge in [0.25, 0.3) is 0 Å². The van der Waals surface area contributed by atoms with Crippen molar-refractivity contribution in [1.82, 2.24) is 15.0 Å². The van der Waals surface area contributed by atoms with Gasteiger partial charge in [-0.3, -0.25) is 0 Å². The van der Waals surface area contributed by atoms with Crippen LogP contribution < -0.4 is 0 Å². The highest BCUT2D eigenvalue weighted by Gasteiger charge is 2.36. The molecule has 0 aromatic carbocycles. The largest absolute Gasteiger partial charge is 0.383 e. The molecule has 1 aromatic heterocycles. The van der Waals surface area contributed by atoms with Crippen LogP contribution in [0.3, 0.4) is 0 Å². The molecule has 0 aliphatic carbocycles. The Hall–Kier alpha value is -0.940. The van der Waals surface area contributed by atoms with Crippen LogP contribution in [0.1, 0.15) is 5.69 Å².